The van der Waals surface area contributed by atoms with Gasteiger partial charge < -0.3 is 5.32 Å². The SMILES string of the molecule is CCn1ncc(CNC(=O)Cn2nc(C)c3c(C(F)(F)F)cc(C)nc32)c1C. The zero-order chi connectivity index (χ0) is 20.6. The molecule has 10 heteroatoms. The normalized spacial score (nSPS) is 12.0. The molecule has 0 aliphatic heterocycles. The van der Waals surface area contributed by atoms with Crippen molar-refractivity contribution < 1.29 is 18.0 Å². The second kappa shape index (κ2) is 7.25. The first-order chi connectivity index (χ1) is 13.1. The fraction of sp³-hybridized carbons (Fsp3) is 0.444. The highest BCUT2D eigenvalue weighted by Gasteiger charge is 2.35. The lowest BCUT2D eigenvalue weighted by atomic mass is 10.1. The van der Waals surface area contributed by atoms with Crippen LogP contribution < -0.4 is 5.32 Å². The molecule has 3 aromatic rings. The monoisotopic (exact) mass is 394 g/mol. The first-order valence-electron chi connectivity index (χ1n) is 8.81. The smallest absolute Gasteiger partial charge is 0.350 e. The second-order valence-electron chi connectivity index (χ2n) is 6.60. The molecule has 0 radical (unpaired) electrons. The van der Waals surface area contributed by atoms with Gasteiger partial charge in [0, 0.05) is 30.0 Å². The Morgan fingerprint density at radius 2 is 1.93 bits per heavy atom. The lowest BCUT2D eigenvalue weighted by molar-refractivity contribution is -0.136. The van der Waals surface area contributed by atoms with Crippen molar-refractivity contribution in [3.05, 3.63) is 40.5 Å². The average molecular weight is 394 g/mol. The standard InChI is InChI=1S/C18H21F3N6O/c1-5-26-12(4)13(8-23-26)7-22-15(28)9-27-17-16(11(3)25-27)14(18(19,20)21)6-10(2)24-17/h6,8H,5,7,9H2,1-4H3,(H,22,28). The minimum atomic E-state index is -4.52. The molecule has 0 aliphatic rings. The molecule has 0 saturated heterocycles. The van der Waals surface area contributed by atoms with Gasteiger partial charge in [0.15, 0.2) is 5.65 Å². The van der Waals surface area contributed by atoms with Crippen LogP contribution in [0.3, 0.4) is 0 Å². The van der Waals surface area contributed by atoms with Gasteiger partial charge in [-0.1, -0.05) is 0 Å². The molecule has 28 heavy (non-hydrogen) atoms. The molecule has 150 valence electrons. The van der Waals surface area contributed by atoms with E-state index in [1.54, 1.807) is 6.20 Å². The summed E-state index contributed by atoms with van der Waals surface area (Å²) in [5, 5.41) is 11.0. The zero-order valence-electron chi connectivity index (χ0n) is 16.1. The van der Waals surface area contributed by atoms with Crippen LogP contribution in [-0.2, 0) is 30.6 Å². The van der Waals surface area contributed by atoms with Crippen LogP contribution in [0.25, 0.3) is 11.0 Å². The molecule has 0 aliphatic carbocycles. The topological polar surface area (TPSA) is 77.6 Å². The first kappa shape index (κ1) is 19.8. The fourth-order valence-electron chi connectivity index (χ4n) is 3.18. The molecule has 3 aromatic heterocycles. The van der Waals surface area contributed by atoms with Crippen molar-refractivity contribution in [3.63, 3.8) is 0 Å². The maximum atomic E-state index is 13.4. The van der Waals surface area contributed by atoms with E-state index in [0.29, 0.717) is 0 Å². The Morgan fingerprint density at radius 3 is 2.54 bits per heavy atom. The summed E-state index contributed by atoms with van der Waals surface area (Å²) in [6, 6.07) is 0.996. The highest BCUT2D eigenvalue weighted by atomic mass is 19.4. The Kier molecular flexibility index (Phi) is 5.14. The molecule has 0 atom stereocenters. The van der Waals surface area contributed by atoms with E-state index in [9.17, 15) is 18.0 Å². The van der Waals surface area contributed by atoms with Gasteiger partial charge in [-0.3, -0.25) is 9.48 Å². The Balaban J connectivity index is 1.83. The Hall–Kier alpha value is -2.91. The number of alkyl halides is 3. The minimum Gasteiger partial charge on any atom is -0.350 e. The van der Waals surface area contributed by atoms with Crippen LogP contribution in [0.4, 0.5) is 13.2 Å². The quantitative estimate of drug-likeness (QED) is 0.722. The maximum Gasteiger partial charge on any atom is 0.417 e. The molecule has 3 rings (SSSR count). The molecule has 0 spiro atoms. The van der Waals surface area contributed by atoms with Crippen LogP contribution in [0.15, 0.2) is 12.3 Å². The summed E-state index contributed by atoms with van der Waals surface area (Å²) in [4.78, 5) is 16.5. The highest BCUT2D eigenvalue weighted by Crippen LogP contribution is 2.36. The van der Waals surface area contributed by atoms with Crippen molar-refractivity contribution in [1.29, 1.82) is 0 Å². The first-order valence-corrected chi connectivity index (χ1v) is 8.81. The van der Waals surface area contributed by atoms with E-state index in [4.69, 9.17) is 0 Å². The number of carbonyl (C=O) groups is 1. The minimum absolute atomic E-state index is 0.0509. The summed E-state index contributed by atoms with van der Waals surface area (Å²) in [6.07, 6.45) is -2.84. The molecule has 3 heterocycles. The number of nitrogens with one attached hydrogen (secondary N) is 1. The molecule has 1 amide bonds. The van der Waals surface area contributed by atoms with E-state index in [2.05, 4.69) is 20.5 Å². The number of halogens is 3. The maximum absolute atomic E-state index is 13.4. The summed E-state index contributed by atoms with van der Waals surface area (Å²) in [6.45, 7) is 7.62. The molecule has 0 bridgehead atoms. The number of pyridine rings is 1. The van der Waals surface area contributed by atoms with Crippen LogP contribution in [-0.4, -0.2) is 30.5 Å². The molecule has 1 N–H and O–H groups in total. The lowest BCUT2D eigenvalue weighted by Crippen LogP contribution is -2.28. The van der Waals surface area contributed by atoms with E-state index in [1.165, 1.54) is 18.5 Å². The average Bonchev–Trinajstić information content (AvgIpc) is 3.11. The fourth-order valence-corrected chi connectivity index (χ4v) is 3.18. The van der Waals surface area contributed by atoms with Gasteiger partial charge in [-0.15, -0.1) is 0 Å². The van der Waals surface area contributed by atoms with Crippen molar-refractivity contribution in [2.45, 2.75) is 53.5 Å². The predicted molar refractivity (Wildman–Crippen MR) is 96.5 cm³/mol. The molecule has 0 saturated carbocycles. The van der Waals surface area contributed by atoms with Crippen molar-refractivity contribution in [2.75, 3.05) is 0 Å². The zero-order valence-corrected chi connectivity index (χ0v) is 16.1. The molecular formula is C18H21F3N6O. The van der Waals surface area contributed by atoms with Gasteiger partial charge in [0.1, 0.15) is 6.54 Å². The summed E-state index contributed by atoms with van der Waals surface area (Å²) in [5.74, 6) is -0.370. The van der Waals surface area contributed by atoms with E-state index in [1.807, 2.05) is 18.5 Å². The van der Waals surface area contributed by atoms with Crippen LogP contribution in [0.1, 0.15) is 35.1 Å². The summed E-state index contributed by atoms with van der Waals surface area (Å²) >= 11 is 0. The van der Waals surface area contributed by atoms with E-state index in [0.717, 1.165) is 23.9 Å². The van der Waals surface area contributed by atoms with Gasteiger partial charge in [-0.05, 0) is 33.8 Å². The van der Waals surface area contributed by atoms with Gasteiger partial charge in [0.2, 0.25) is 5.91 Å². The van der Waals surface area contributed by atoms with Gasteiger partial charge >= 0.3 is 6.18 Å². The van der Waals surface area contributed by atoms with Gasteiger partial charge in [-0.25, -0.2) is 9.67 Å². The number of nitrogens with zero attached hydrogens (tertiary/aromatic N) is 5. The Bertz CT molecular complexity index is 1030. The number of rotatable bonds is 5. The van der Waals surface area contributed by atoms with Crippen molar-refractivity contribution in [1.82, 2.24) is 29.9 Å². The van der Waals surface area contributed by atoms with Crippen LogP contribution in [0.5, 0.6) is 0 Å². The van der Waals surface area contributed by atoms with Crippen molar-refractivity contribution in [3.8, 4) is 0 Å². The summed E-state index contributed by atoms with van der Waals surface area (Å²) in [5.41, 5.74) is 1.49. The van der Waals surface area contributed by atoms with E-state index >= 15 is 0 Å². The second-order valence-corrected chi connectivity index (χ2v) is 6.60. The highest BCUT2D eigenvalue weighted by molar-refractivity contribution is 5.85. The predicted octanol–water partition coefficient (Wildman–Crippen LogP) is 2.91. The third-order valence-electron chi connectivity index (χ3n) is 4.58. The van der Waals surface area contributed by atoms with Crippen LogP contribution >= 0.6 is 0 Å². The van der Waals surface area contributed by atoms with Gasteiger partial charge in [-0.2, -0.15) is 23.4 Å². The van der Waals surface area contributed by atoms with Crippen LogP contribution in [0.2, 0.25) is 0 Å². The Labute approximate surface area is 159 Å². The van der Waals surface area contributed by atoms with E-state index < -0.39 is 11.7 Å². The lowest BCUT2D eigenvalue weighted by Gasteiger charge is -2.10. The molecule has 0 fully saturated rings. The number of carbonyl (C=O) groups excluding carboxylic acids is 1. The number of amides is 1. The van der Waals surface area contributed by atoms with Crippen molar-refractivity contribution in [2.24, 2.45) is 0 Å². The molecule has 0 aromatic carbocycles. The number of hydrogen-bond donors (Lipinski definition) is 1. The van der Waals surface area contributed by atoms with Crippen LogP contribution in [0, 0.1) is 20.8 Å². The molecule has 0 unspecified atom stereocenters. The third kappa shape index (κ3) is 3.71. The van der Waals surface area contributed by atoms with Gasteiger partial charge in [0.05, 0.1) is 22.8 Å². The van der Waals surface area contributed by atoms with E-state index in [-0.39, 0.29) is 41.4 Å². The molecular weight excluding hydrogens is 373 g/mol. The number of hydrogen-bond acceptors (Lipinski definition) is 4. The summed E-state index contributed by atoms with van der Waals surface area (Å²) < 4.78 is 43.2. The third-order valence-corrected chi connectivity index (χ3v) is 4.58. The largest absolute Gasteiger partial charge is 0.417 e. The number of fused-ring (bicyclic) bond motifs is 1. The number of aromatic nitrogens is 5. The van der Waals surface area contributed by atoms with Gasteiger partial charge in [0.25, 0.3) is 0 Å². The summed E-state index contributed by atoms with van der Waals surface area (Å²) in [7, 11) is 0. The number of aryl methyl sites for hydroxylation is 3. The van der Waals surface area contributed by atoms with Crippen molar-refractivity contribution >= 4 is 16.9 Å². The molecule has 7 nitrogen and oxygen atoms in total. The Morgan fingerprint density at radius 1 is 1.21 bits per heavy atom.